The molecule has 2 fully saturated rings. The summed E-state index contributed by atoms with van der Waals surface area (Å²) in [6, 6.07) is 0. The molecule has 1 N–H and O–H groups in total. The van der Waals surface area contributed by atoms with Gasteiger partial charge in [0.15, 0.2) is 0 Å². The summed E-state index contributed by atoms with van der Waals surface area (Å²) in [5.41, 5.74) is 0.429. The van der Waals surface area contributed by atoms with E-state index in [0.717, 1.165) is 32.4 Å². The molecule has 180 valence electrons. The molecule has 32 heavy (non-hydrogen) atoms. The van der Waals surface area contributed by atoms with Crippen LogP contribution in [0.3, 0.4) is 0 Å². The number of nitrogens with zero attached hydrogens (tertiary/aromatic N) is 4. The number of aromatic nitrogens is 2. The number of hydrogen-bond acceptors (Lipinski definition) is 5. The Labute approximate surface area is 191 Å². The van der Waals surface area contributed by atoms with Crippen LogP contribution in [0.5, 0.6) is 0 Å². The lowest BCUT2D eigenvalue weighted by molar-refractivity contribution is -0.137. The van der Waals surface area contributed by atoms with Gasteiger partial charge in [0.05, 0.1) is 17.3 Å². The van der Waals surface area contributed by atoms with E-state index in [9.17, 15) is 18.0 Å². The van der Waals surface area contributed by atoms with Crippen molar-refractivity contribution in [1.82, 2.24) is 24.3 Å². The number of carbonyl (C=O) groups is 2. The Morgan fingerprint density at radius 3 is 2.34 bits per heavy atom. The number of piperidine rings is 2. The lowest BCUT2D eigenvalue weighted by Gasteiger charge is -2.35. The number of sulfonamides is 1. The fourth-order valence-corrected chi connectivity index (χ4v) is 6.56. The molecule has 0 aliphatic carbocycles. The molecule has 0 aromatic carbocycles. The van der Waals surface area contributed by atoms with Crippen LogP contribution in [0.4, 0.5) is 0 Å². The fourth-order valence-electron chi connectivity index (χ4n) is 4.67. The van der Waals surface area contributed by atoms with Crippen molar-refractivity contribution in [3.05, 3.63) is 11.4 Å². The zero-order valence-electron chi connectivity index (χ0n) is 20.0. The van der Waals surface area contributed by atoms with Crippen molar-refractivity contribution in [1.29, 1.82) is 0 Å². The first kappa shape index (κ1) is 24.7. The number of aryl methyl sites for hydroxylation is 1. The summed E-state index contributed by atoms with van der Waals surface area (Å²) in [6.45, 7) is 11.1. The molecule has 0 radical (unpaired) electrons. The molecule has 9 nitrogen and oxygen atoms in total. The number of carbonyl (C=O) groups excluding carboxylic acids is 2. The number of rotatable bonds is 5. The molecule has 3 heterocycles. The third-order valence-electron chi connectivity index (χ3n) is 6.12. The minimum absolute atomic E-state index is 0.0461. The van der Waals surface area contributed by atoms with Gasteiger partial charge in [-0.15, -0.1) is 0 Å². The average molecular weight is 468 g/mol. The van der Waals surface area contributed by atoms with E-state index < -0.39 is 10.0 Å². The number of nitrogens with one attached hydrogen (secondary N) is 1. The molecule has 3 rings (SSSR count). The Bertz CT molecular complexity index is 958. The maximum absolute atomic E-state index is 13.5. The van der Waals surface area contributed by atoms with E-state index in [0.29, 0.717) is 30.8 Å². The van der Waals surface area contributed by atoms with E-state index in [1.807, 2.05) is 25.7 Å². The molecule has 2 aliphatic heterocycles. The van der Waals surface area contributed by atoms with Crippen molar-refractivity contribution >= 4 is 21.8 Å². The van der Waals surface area contributed by atoms with Gasteiger partial charge in [0, 0.05) is 31.7 Å². The van der Waals surface area contributed by atoms with Gasteiger partial charge in [0.1, 0.15) is 11.4 Å². The van der Waals surface area contributed by atoms with E-state index in [2.05, 4.69) is 10.4 Å². The minimum Gasteiger partial charge on any atom is -0.350 e. The zero-order valence-corrected chi connectivity index (χ0v) is 20.8. The molecular formula is C22H37N5O4S. The molecule has 1 aromatic rings. The van der Waals surface area contributed by atoms with E-state index in [-0.39, 0.29) is 41.3 Å². The first-order valence-electron chi connectivity index (χ1n) is 11.5. The molecule has 1 atom stereocenters. The third-order valence-corrected chi connectivity index (χ3v) is 8.24. The van der Waals surface area contributed by atoms with Crippen molar-refractivity contribution in [2.45, 2.75) is 83.7 Å². The Hall–Kier alpha value is -1.94. The van der Waals surface area contributed by atoms with Crippen molar-refractivity contribution in [2.24, 2.45) is 5.92 Å². The summed E-state index contributed by atoms with van der Waals surface area (Å²) in [5, 5.41) is 7.22. The lowest BCUT2D eigenvalue weighted by atomic mass is 9.97. The second kappa shape index (κ2) is 9.51. The van der Waals surface area contributed by atoms with Crippen LogP contribution in [-0.4, -0.2) is 70.9 Å². The van der Waals surface area contributed by atoms with Crippen molar-refractivity contribution < 1.29 is 18.0 Å². The van der Waals surface area contributed by atoms with Crippen LogP contribution in [0.15, 0.2) is 4.90 Å². The van der Waals surface area contributed by atoms with Crippen LogP contribution >= 0.6 is 0 Å². The van der Waals surface area contributed by atoms with Crippen molar-refractivity contribution in [2.75, 3.05) is 26.2 Å². The predicted octanol–water partition coefficient (Wildman–Crippen LogP) is 1.83. The van der Waals surface area contributed by atoms with Crippen LogP contribution < -0.4 is 5.32 Å². The van der Waals surface area contributed by atoms with Gasteiger partial charge in [-0.2, -0.15) is 9.40 Å². The van der Waals surface area contributed by atoms with E-state index in [4.69, 9.17) is 0 Å². The molecule has 2 saturated heterocycles. The topological polar surface area (TPSA) is 105 Å². The van der Waals surface area contributed by atoms with Crippen LogP contribution in [0.1, 0.15) is 64.3 Å². The van der Waals surface area contributed by atoms with E-state index >= 15 is 0 Å². The van der Waals surface area contributed by atoms with Gasteiger partial charge < -0.3 is 10.2 Å². The maximum Gasteiger partial charge on any atom is 0.246 e. The highest BCUT2D eigenvalue weighted by Gasteiger charge is 2.38. The highest BCUT2D eigenvalue weighted by molar-refractivity contribution is 7.89. The van der Waals surface area contributed by atoms with Gasteiger partial charge in [-0.25, -0.2) is 8.42 Å². The summed E-state index contributed by atoms with van der Waals surface area (Å²) in [5.74, 6) is -0.449. The van der Waals surface area contributed by atoms with E-state index in [1.54, 1.807) is 13.8 Å². The van der Waals surface area contributed by atoms with Gasteiger partial charge >= 0.3 is 0 Å². The Morgan fingerprint density at radius 2 is 1.72 bits per heavy atom. The molecule has 0 unspecified atom stereocenters. The lowest BCUT2D eigenvalue weighted by Crippen LogP contribution is -2.48. The first-order chi connectivity index (χ1) is 14.9. The smallest absolute Gasteiger partial charge is 0.246 e. The summed E-state index contributed by atoms with van der Waals surface area (Å²) in [6.07, 6.45) is 4.54. The third kappa shape index (κ3) is 5.51. The quantitative estimate of drug-likeness (QED) is 0.711. The van der Waals surface area contributed by atoms with Gasteiger partial charge in [-0.1, -0.05) is 0 Å². The van der Waals surface area contributed by atoms with Crippen LogP contribution in [-0.2, 0) is 26.2 Å². The Morgan fingerprint density at radius 1 is 1.06 bits per heavy atom. The SMILES string of the molecule is Cc1nn(CC(=O)NC(C)(C)C)c(C)c1S(=O)(=O)N1CCC[C@H](C(=O)N2CCCCC2)C1. The van der Waals surface area contributed by atoms with Gasteiger partial charge in [0.2, 0.25) is 21.8 Å². The number of hydrogen-bond donors (Lipinski definition) is 1. The van der Waals surface area contributed by atoms with Crippen molar-refractivity contribution in [3.8, 4) is 0 Å². The Balaban J connectivity index is 1.77. The monoisotopic (exact) mass is 467 g/mol. The standard InChI is InChI=1S/C22H37N5O4S/c1-16-20(17(2)27(24-16)15-19(28)23-22(3,4)5)32(30,31)26-13-9-10-18(14-26)21(29)25-11-7-6-8-12-25/h18H,6-15H2,1-5H3,(H,23,28)/t18-/m0/s1. The van der Waals surface area contributed by atoms with Crippen LogP contribution in [0, 0.1) is 19.8 Å². The molecular weight excluding hydrogens is 430 g/mol. The fraction of sp³-hybridized carbons (Fsp3) is 0.773. The van der Waals surface area contributed by atoms with Gasteiger partial charge in [0.25, 0.3) is 0 Å². The largest absolute Gasteiger partial charge is 0.350 e. The normalized spacial score (nSPS) is 20.9. The Kier molecular flexibility index (Phi) is 7.34. The van der Waals surface area contributed by atoms with Crippen LogP contribution in [0.2, 0.25) is 0 Å². The van der Waals surface area contributed by atoms with E-state index in [1.165, 1.54) is 8.99 Å². The van der Waals surface area contributed by atoms with Crippen molar-refractivity contribution in [3.63, 3.8) is 0 Å². The second-order valence-corrected chi connectivity index (χ2v) is 11.9. The summed E-state index contributed by atoms with van der Waals surface area (Å²) >= 11 is 0. The predicted molar refractivity (Wildman–Crippen MR) is 122 cm³/mol. The molecule has 10 heteroatoms. The average Bonchev–Trinajstić information content (AvgIpc) is 3.00. The number of amides is 2. The van der Waals surface area contributed by atoms with Gasteiger partial charge in [-0.05, 0) is 66.7 Å². The summed E-state index contributed by atoms with van der Waals surface area (Å²) < 4.78 is 30.0. The maximum atomic E-state index is 13.5. The first-order valence-corrected chi connectivity index (χ1v) is 13.0. The highest BCUT2D eigenvalue weighted by atomic mass is 32.2. The molecule has 2 amide bonds. The molecule has 0 saturated carbocycles. The molecule has 0 spiro atoms. The zero-order chi connectivity index (χ0) is 23.7. The highest BCUT2D eigenvalue weighted by Crippen LogP contribution is 2.29. The molecule has 1 aromatic heterocycles. The number of likely N-dealkylation sites (tertiary alicyclic amines) is 1. The van der Waals surface area contributed by atoms with Gasteiger partial charge in [-0.3, -0.25) is 14.3 Å². The summed E-state index contributed by atoms with van der Waals surface area (Å²) in [4.78, 5) is 27.4. The molecule has 0 bridgehead atoms. The molecule has 2 aliphatic rings. The summed E-state index contributed by atoms with van der Waals surface area (Å²) in [7, 11) is -3.82. The minimum atomic E-state index is -3.82. The van der Waals surface area contributed by atoms with Crippen LogP contribution in [0.25, 0.3) is 0 Å². The second-order valence-electron chi connectivity index (χ2n) is 10.0.